The van der Waals surface area contributed by atoms with Gasteiger partial charge in [0.1, 0.15) is 0 Å². The van der Waals surface area contributed by atoms with Gasteiger partial charge in [-0.1, -0.05) is 23.7 Å². The summed E-state index contributed by atoms with van der Waals surface area (Å²) in [5.74, 6) is -0.0613. The Morgan fingerprint density at radius 2 is 2.05 bits per heavy atom. The predicted molar refractivity (Wildman–Crippen MR) is 85.1 cm³/mol. The average Bonchev–Trinajstić information content (AvgIpc) is 2.99. The van der Waals surface area contributed by atoms with Crippen molar-refractivity contribution >= 4 is 23.2 Å². The molecule has 2 heterocycles. The number of ether oxygens (including phenoxy) is 1. The number of hydrogen-bond acceptors (Lipinski definition) is 3. The van der Waals surface area contributed by atoms with Gasteiger partial charge in [-0.25, -0.2) is 0 Å². The highest BCUT2D eigenvalue weighted by Crippen LogP contribution is 2.21. The second-order valence-electron chi connectivity index (χ2n) is 5.40. The monoisotopic (exact) mass is 319 g/mol. The van der Waals surface area contributed by atoms with E-state index in [1.807, 2.05) is 23.0 Å². The molecule has 0 radical (unpaired) electrons. The summed E-state index contributed by atoms with van der Waals surface area (Å²) in [5.41, 5.74) is 1.66. The summed E-state index contributed by atoms with van der Waals surface area (Å²) in [6.07, 6.45) is 5.81. The van der Waals surface area contributed by atoms with Crippen molar-refractivity contribution < 1.29 is 9.53 Å². The second-order valence-corrected chi connectivity index (χ2v) is 5.84. The Balaban J connectivity index is 1.57. The van der Waals surface area contributed by atoms with Gasteiger partial charge in [-0.05, 0) is 30.5 Å². The van der Waals surface area contributed by atoms with Gasteiger partial charge < -0.3 is 10.1 Å². The van der Waals surface area contributed by atoms with Crippen LogP contribution in [0, 0.1) is 0 Å². The van der Waals surface area contributed by atoms with Crippen molar-refractivity contribution in [2.75, 3.05) is 18.5 Å². The van der Waals surface area contributed by atoms with Crippen LogP contribution in [0.4, 0.5) is 5.69 Å². The standard InChI is InChI=1S/C16H18ClN3O2/c17-13-3-1-12(2-4-13)9-16(21)19-14-10-18-20(11-14)15-5-7-22-8-6-15/h1-4,10-11,15H,5-9H2,(H,19,21). The molecule has 116 valence electrons. The van der Waals surface area contributed by atoms with E-state index in [4.69, 9.17) is 16.3 Å². The van der Waals surface area contributed by atoms with E-state index in [0.29, 0.717) is 17.5 Å². The molecule has 22 heavy (non-hydrogen) atoms. The highest BCUT2D eigenvalue weighted by molar-refractivity contribution is 6.30. The summed E-state index contributed by atoms with van der Waals surface area (Å²) in [6.45, 7) is 1.53. The smallest absolute Gasteiger partial charge is 0.228 e. The normalized spacial score (nSPS) is 15.7. The fourth-order valence-electron chi connectivity index (χ4n) is 2.54. The number of halogens is 1. The maximum atomic E-state index is 12.1. The first kappa shape index (κ1) is 15.1. The van der Waals surface area contributed by atoms with Crippen molar-refractivity contribution in [1.29, 1.82) is 0 Å². The van der Waals surface area contributed by atoms with E-state index in [1.54, 1.807) is 18.3 Å². The van der Waals surface area contributed by atoms with Gasteiger partial charge >= 0.3 is 0 Å². The van der Waals surface area contributed by atoms with E-state index in [9.17, 15) is 4.79 Å². The zero-order chi connectivity index (χ0) is 15.4. The average molecular weight is 320 g/mol. The molecule has 1 aromatic carbocycles. The number of anilines is 1. The second kappa shape index (κ2) is 6.94. The number of nitrogens with zero attached hydrogens (tertiary/aromatic N) is 2. The fourth-order valence-corrected chi connectivity index (χ4v) is 2.67. The minimum atomic E-state index is -0.0613. The first-order chi connectivity index (χ1) is 10.7. The topological polar surface area (TPSA) is 56.2 Å². The molecule has 6 heteroatoms. The van der Waals surface area contributed by atoms with Crippen molar-refractivity contribution in [3.05, 3.63) is 47.2 Å². The molecule has 1 aliphatic heterocycles. The molecule has 1 amide bonds. The van der Waals surface area contributed by atoms with Crippen LogP contribution in [0.3, 0.4) is 0 Å². The predicted octanol–water partition coefficient (Wildman–Crippen LogP) is 3.07. The van der Waals surface area contributed by atoms with Gasteiger partial charge in [0.25, 0.3) is 0 Å². The Labute approximate surface area is 134 Å². The summed E-state index contributed by atoms with van der Waals surface area (Å²) in [6, 6.07) is 7.64. The third-order valence-electron chi connectivity index (χ3n) is 3.73. The van der Waals surface area contributed by atoms with Crippen molar-refractivity contribution in [3.63, 3.8) is 0 Å². The van der Waals surface area contributed by atoms with E-state index in [0.717, 1.165) is 37.3 Å². The fraction of sp³-hybridized carbons (Fsp3) is 0.375. The SMILES string of the molecule is O=C(Cc1ccc(Cl)cc1)Nc1cnn(C2CCOCC2)c1. The van der Waals surface area contributed by atoms with E-state index in [2.05, 4.69) is 10.4 Å². The van der Waals surface area contributed by atoms with Crippen LogP contribution in [-0.2, 0) is 16.0 Å². The lowest BCUT2D eigenvalue weighted by Crippen LogP contribution is -2.20. The molecule has 5 nitrogen and oxygen atoms in total. The summed E-state index contributed by atoms with van der Waals surface area (Å²) in [5, 5.41) is 7.89. The van der Waals surface area contributed by atoms with Crippen molar-refractivity contribution in [1.82, 2.24) is 9.78 Å². The molecule has 1 fully saturated rings. The Bertz CT molecular complexity index is 633. The molecule has 0 atom stereocenters. The summed E-state index contributed by atoms with van der Waals surface area (Å²) >= 11 is 5.83. The maximum absolute atomic E-state index is 12.1. The lowest BCUT2D eigenvalue weighted by atomic mass is 10.1. The maximum Gasteiger partial charge on any atom is 0.228 e. The summed E-state index contributed by atoms with van der Waals surface area (Å²) < 4.78 is 7.26. The van der Waals surface area contributed by atoms with Crippen LogP contribution >= 0.6 is 11.6 Å². The highest BCUT2D eigenvalue weighted by atomic mass is 35.5. The summed E-state index contributed by atoms with van der Waals surface area (Å²) in [4.78, 5) is 12.1. The highest BCUT2D eigenvalue weighted by Gasteiger charge is 2.16. The van der Waals surface area contributed by atoms with Gasteiger partial charge in [0.05, 0.1) is 24.3 Å². The van der Waals surface area contributed by atoms with Crippen molar-refractivity contribution in [2.24, 2.45) is 0 Å². The van der Waals surface area contributed by atoms with Gasteiger partial charge in [-0.3, -0.25) is 9.48 Å². The minimum Gasteiger partial charge on any atom is -0.381 e. The van der Waals surface area contributed by atoms with Gasteiger partial charge in [0.2, 0.25) is 5.91 Å². The Morgan fingerprint density at radius 1 is 1.32 bits per heavy atom. The zero-order valence-corrected chi connectivity index (χ0v) is 12.9. The third kappa shape index (κ3) is 3.87. The number of nitrogens with one attached hydrogen (secondary N) is 1. The third-order valence-corrected chi connectivity index (χ3v) is 3.98. The molecular formula is C16H18ClN3O2. The minimum absolute atomic E-state index is 0.0613. The van der Waals surface area contributed by atoms with E-state index < -0.39 is 0 Å². The van der Waals surface area contributed by atoms with E-state index in [-0.39, 0.29) is 5.91 Å². The first-order valence-electron chi connectivity index (χ1n) is 7.37. The molecule has 0 bridgehead atoms. The molecular weight excluding hydrogens is 302 g/mol. The lowest BCUT2D eigenvalue weighted by Gasteiger charge is -2.22. The van der Waals surface area contributed by atoms with Gasteiger partial charge in [0.15, 0.2) is 0 Å². The number of amides is 1. The molecule has 1 saturated heterocycles. The van der Waals surface area contributed by atoms with Crippen molar-refractivity contribution in [3.8, 4) is 0 Å². The number of aromatic nitrogens is 2. The largest absolute Gasteiger partial charge is 0.381 e. The summed E-state index contributed by atoms with van der Waals surface area (Å²) in [7, 11) is 0. The van der Waals surface area contributed by atoms with Gasteiger partial charge in [0, 0.05) is 24.4 Å². The Hall–Kier alpha value is -1.85. The van der Waals surface area contributed by atoms with Crippen molar-refractivity contribution in [2.45, 2.75) is 25.3 Å². The van der Waals surface area contributed by atoms with Crippen LogP contribution in [-0.4, -0.2) is 28.9 Å². The van der Waals surface area contributed by atoms with Crippen LogP contribution in [0.5, 0.6) is 0 Å². The molecule has 1 N–H and O–H groups in total. The number of hydrogen-bond donors (Lipinski definition) is 1. The molecule has 0 saturated carbocycles. The van der Waals surface area contributed by atoms with Crippen LogP contribution < -0.4 is 5.32 Å². The van der Waals surface area contributed by atoms with Crippen LogP contribution in [0.2, 0.25) is 5.02 Å². The molecule has 0 unspecified atom stereocenters. The quantitative estimate of drug-likeness (QED) is 0.942. The molecule has 3 rings (SSSR count). The zero-order valence-electron chi connectivity index (χ0n) is 12.2. The molecule has 2 aromatic rings. The Morgan fingerprint density at radius 3 is 2.77 bits per heavy atom. The van der Waals surface area contributed by atoms with Crippen LogP contribution in [0.1, 0.15) is 24.4 Å². The van der Waals surface area contributed by atoms with E-state index >= 15 is 0 Å². The molecule has 0 aliphatic carbocycles. The molecule has 1 aromatic heterocycles. The van der Waals surface area contributed by atoms with Crippen LogP contribution in [0.15, 0.2) is 36.7 Å². The van der Waals surface area contributed by atoms with Crippen LogP contribution in [0.25, 0.3) is 0 Å². The molecule has 1 aliphatic rings. The van der Waals surface area contributed by atoms with Gasteiger partial charge in [-0.2, -0.15) is 5.10 Å². The first-order valence-corrected chi connectivity index (χ1v) is 7.75. The van der Waals surface area contributed by atoms with Gasteiger partial charge in [-0.15, -0.1) is 0 Å². The molecule has 0 spiro atoms. The number of carbonyl (C=O) groups excluding carboxylic acids is 1. The lowest BCUT2D eigenvalue weighted by molar-refractivity contribution is -0.115. The number of rotatable bonds is 4. The Kier molecular flexibility index (Phi) is 4.75. The van der Waals surface area contributed by atoms with E-state index in [1.165, 1.54) is 0 Å². The number of carbonyl (C=O) groups is 1. The number of benzene rings is 1.